The van der Waals surface area contributed by atoms with Crippen LogP contribution < -0.4 is 19.5 Å². The number of carbonyl (C=O) groups excluding carboxylic acids is 1. The van der Waals surface area contributed by atoms with Crippen molar-refractivity contribution >= 4 is 5.91 Å². The van der Waals surface area contributed by atoms with E-state index in [1.807, 2.05) is 18.2 Å². The van der Waals surface area contributed by atoms with Gasteiger partial charge >= 0.3 is 0 Å². The van der Waals surface area contributed by atoms with E-state index in [0.717, 1.165) is 23.5 Å². The molecule has 1 aliphatic heterocycles. The smallest absolute Gasteiger partial charge is 0.251 e. The molecular weight excluding hydrogens is 294 g/mol. The first-order valence-electron chi connectivity index (χ1n) is 7.45. The standard InChI is InChI=1S/C18H19NO4/c1-21-14-5-3-4-12(8-14)18(20)19-11-16-10-13-9-15(22-2)6-7-17(13)23-16/h3-9,16H,10-11H2,1-2H3,(H,19,20)/t16-/m0/s1. The Bertz CT molecular complexity index is 714. The second-order valence-corrected chi connectivity index (χ2v) is 5.36. The minimum Gasteiger partial charge on any atom is -0.497 e. The van der Waals surface area contributed by atoms with Crippen LogP contribution in [0, 0.1) is 0 Å². The average Bonchev–Trinajstić information content (AvgIpc) is 3.01. The third kappa shape index (κ3) is 3.39. The summed E-state index contributed by atoms with van der Waals surface area (Å²) in [6.45, 7) is 0.451. The van der Waals surface area contributed by atoms with Crippen molar-refractivity contribution in [1.29, 1.82) is 0 Å². The van der Waals surface area contributed by atoms with Crippen LogP contribution in [0.1, 0.15) is 15.9 Å². The van der Waals surface area contributed by atoms with Gasteiger partial charge in [0.1, 0.15) is 23.4 Å². The lowest BCUT2D eigenvalue weighted by molar-refractivity contribution is 0.0933. The minimum atomic E-state index is -0.138. The summed E-state index contributed by atoms with van der Waals surface area (Å²) in [5.74, 6) is 2.19. The number of benzene rings is 2. The highest BCUT2D eigenvalue weighted by Gasteiger charge is 2.23. The molecule has 1 amide bonds. The molecule has 0 saturated heterocycles. The van der Waals surface area contributed by atoms with Gasteiger partial charge in [-0.2, -0.15) is 0 Å². The Hall–Kier alpha value is -2.69. The van der Waals surface area contributed by atoms with Gasteiger partial charge in [-0.3, -0.25) is 4.79 Å². The Labute approximate surface area is 135 Å². The summed E-state index contributed by atoms with van der Waals surface area (Å²) in [6.07, 6.45) is 0.692. The zero-order chi connectivity index (χ0) is 16.2. The van der Waals surface area contributed by atoms with Crippen LogP contribution in [0.3, 0.4) is 0 Å². The zero-order valence-corrected chi connectivity index (χ0v) is 13.2. The third-order valence-corrected chi connectivity index (χ3v) is 3.83. The quantitative estimate of drug-likeness (QED) is 0.921. The van der Waals surface area contributed by atoms with Gasteiger partial charge in [-0.15, -0.1) is 0 Å². The largest absolute Gasteiger partial charge is 0.497 e. The molecule has 0 aliphatic carbocycles. The molecule has 5 nitrogen and oxygen atoms in total. The van der Waals surface area contributed by atoms with E-state index in [9.17, 15) is 4.79 Å². The van der Waals surface area contributed by atoms with E-state index in [1.165, 1.54) is 0 Å². The first kappa shape index (κ1) is 15.2. The molecular formula is C18H19NO4. The van der Waals surface area contributed by atoms with Crippen LogP contribution in [0.5, 0.6) is 17.2 Å². The molecule has 1 heterocycles. The van der Waals surface area contributed by atoms with Gasteiger partial charge in [-0.1, -0.05) is 6.07 Å². The highest BCUT2D eigenvalue weighted by Crippen LogP contribution is 2.31. The molecule has 1 N–H and O–H groups in total. The Morgan fingerprint density at radius 2 is 1.96 bits per heavy atom. The highest BCUT2D eigenvalue weighted by atomic mass is 16.5. The van der Waals surface area contributed by atoms with Crippen molar-refractivity contribution in [2.24, 2.45) is 0 Å². The zero-order valence-electron chi connectivity index (χ0n) is 13.2. The maximum Gasteiger partial charge on any atom is 0.251 e. The Kier molecular flexibility index (Phi) is 4.37. The second-order valence-electron chi connectivity index (χ2n) is 5.36. The number of rotatable bonds is 5. The summed E-state index contributed by atoms with van der Waals surface area (Å²) < 4.78 is 16.2. The number of hydrogen-bond acceptors (Lipinski definition) is 4. The Morgan fingerprint density at radius 1 is 1.17 bits per heavy atom. The average molecular weight is 313 g/mol. The summed E-state index contributed by atoms with van der Waals surface area (Å²) in [4.78, 5) is 12.2. The molecule has 1 aliphatic rings. The van der Waals surface area contributed by atoms with Gasteiger partial charge in [0.05, 0.1) is 20.8 Å². The number of fused-ring (bicyclic) bond motifs is 1. The highest BCUT2D eigenvalue weighted by molar-refractivity contribution is 5.94. The number of nitrogens with one attached hydrogen (secondary N) is 1. The van der Waals surface area contributed by atoms with E-state index in [1.54, 1.807) is 38.5 Å². The fraction of sp³-hybridized carbons (Fsp3) is 0.278. The number of methoxy groups -OCH3 is 2. The van der Waals surface area contributed by atoms with E-state index in [-0.39, 0.29) is 12.0 Å². The molecule has 0 spiro atoms. The van der Waals surface area contributed by atoms with Crippen LogP contribution in [0.4, 0.5) is 0 Å². The molecule has 1 atom stereocenters. The minimum absolute atomic E-state index is 0.0633. The van der Waals surface area contributed by atoms with E-state index < -0.39 is 0 Å². The molecule has 2 aromatic rings. The summed E-state index contributed by atoms with van der Waals surface area (Å²) in [5, 5.41) is 2.90. The van der Waals surface area contributed by atoms with E-state index in [0.29, 0.717) is 17.9 Å². The fourth-order valence-electron chi connectivity index (χ4n) is 2.61. The third-order valence-electron chi connectivity index (χ3n) is 3.83. The first-order chi connectivity index (χ1) is 11.2. The number of amides is 1. The van der Waals surface area contributed by atoms with E-state index in [4.69, 9.17) is 14.2 Å². The second kappa shape index (κ2) is 6.60. The number of carbonyl (C=O) groups is 1. The molecule has 120 valence electrons. The SMILES string of the molecule is COc1cccc(C(=O)NC[C@@H]2Cc3cc(OC)ccc3O2)c1. The molecule has 3 rings (SSSR count). The lowest BCUT2D eigenvalue weighted by Crippen LogP contribution is -2.34. The predicted molar refractivity (Wildman–Crippen MR) is 86.4 cm³/mol. The van der Waals surface area contributed by atoms with Gasteiger partial charge in [0.25, 0.3) is 5.91 Å². The van der Waals surface area contributed by atoms with Crippen molar-refractivity contribution in [3.63, 3.8) is 0 Å². The van der Waals surface area contributed by atoms with Gasteiger partial charge in [0.2, 0.25) is 0 Å². The van der Waals surface area contributed by atoms with Gasteiger partial charge in [-0.25, -0.2) is 0 Å². The van der Waals surface area contributed by atoms with Crippen LogP contribution in [-0.4, -0.2) is 32.8 Å². The van der Waals surface area contributed by atoms with Crippen molar-refractivity contribution < 1.29 is 19.0 Å². The fourth-order valence-corrected chi connectivity index (χ4v) is 2.61. The predicted octanol–water partition coefficient (Wildman–Crippen LogP) is 2.44. The lowest BCUT2D eigenvalue weighted by atomic mass is 10.1. The molecule has 5 heteroatoms. The lowest BCUT2D eigenvalue weighted by Gasteiger charge is -2.12. The van der Waals surface area contributed by atoms with Crippen LogP contribution in [0.25, 0.3) is 0 Å². The Balaban J connectivity index is 1.58. The molecule has 0 saturated carbocycles. The van der Waals surface area contributed by atoms with Crippen molar-refractivity contribution in [3.8, 4) is 17.2 Å². The van der Waals surface area contributed by atoms with Gasteiger partial charge in [0, 0.05) is 17.5 Å². The van der Waals surface area contributed by atoms with Gasteiger partial charge < -0.3 is 19.5 Å². The maximum atomic E-state index is 12.2. The monoisotopic (exact) mass is 313 g/mol. The Morgan fingerprint density at radius 3 is 2.74 bits per heavy atom. The summed E-state index contributed by atoms with van der Waals surface area (Å²) >= 11 is 0. The molecule has 0 aromatic heterocycles. The van der Waals surface area contributed by atoms with E-state index in [2.05, 4.69) is 5.32 Å². The van der Waals surface area contributed by atoms with Crippen molar-refractivity contribution in [3.05, 3.63) is 53.6 Å². The number of hydrogen-bond donors (Lipinski definition) is 1. The summed E-state index contributed by atoms with van der Waals surface area (Å²) in [5.41, 5.74) is 1.67. The van der Waals surface area contributed by atoms with Gasteiger partial charge in [0.15, 0.2) is 0 Å². The van der Waals surface area contributed by atoms with E-state index >= 15 is 0 Å². The maximum absolute atomic E-state index is 12.2. The van der Waals surface area contributed by atoms with Crippen LogP contribution in [0.2, 0.25) is 0 Å². The van der Waals surface area contributed by atoms with Crippen molar-refractivity contribution in [2.75, 3.05) is 20.8 Å². The van der Waals surface area contributed by atoms with Crippen LogP contribution in [0.15, 0.2) is 42.5 Å². The van der Waals surface area contributed by atoms with Crippen LogP contribution >= 0.6 is 0 Å². The topological polar surface area (TPSA) is 56.8 Å². The number of ether oxygens (including phenoxy) is 3. The molecule has 2 aromatic carbocycles. The molecule has 23 heavy (non-hydrogen) atoms. The van der Waals surface area contributed by atoms with Crippen LogP contribution in [-0.2, 0) is 6.42 Å². The molecule has 0 fully saturated rings. The summed E-state index contributed by atoms with van der Waals surface area (Å²) in [6, 6.07) is 12.8. The van der Waals surface area contributed by atoms with Crippen molar-refractivity contribution in [1.82, 2.24) is 5.32 Å². The normalized spacial score (nSPS) is 15.5. The molecule has 0 bridgehead atoms. The van der Waals surface area contributed by atoms with Crippen molar-refractivity contribution in [2.45, 2.75) is 12.5 Å². The summed E-state index contributed by atoms with van der Waals surface area (Å²) in [7, 11) is 3.22. The first-order valence-corrected chi connectivity index (χ1v) is 7.45. The van der Waals surface area contributed by atoms with Gasteiger partial charge in [-0.05, 0) is 36.4 Å². The molecule has 0 unspecified atom stereocenters. The molecule has 0 radical (unpaired) electrons.